The second kappa shape index (κ2) is 6.51. The van der Waals surface area contributed by atoms with Crippen molar-refractivity contribution in [1.29, 1.82) is 0 Å². The molecule has 1 heterocycles. The van der Waals surface area contributed by atoms with Gasteiger partial charge in [-0.3, -0.25) is 9.59 Å². The number of rotatable bonds is 5. The van der Waals surface area contributed by atoms with Crippen LogP contribution in [0.5, 0.6) is 0 Å². The molecular weight excluding hydrogens is 296 g/mol. The van der Waals surface area contributed by atoms with E-state index in [0.29, 0.717) is 12.8 Å². The van der Waals surface area contributed by atoms with Crippen molar-refractivity contribution < 1.29 is 14.1 Å². The molecule has 0 atom stereocenters. The number of carbonyl (C=O) groups excluding carboxylic acids is 2. The molecule has 1 aromatic heterocycles. The number of nitrogens with zero attached hydrogens (tertiary/aromatic N) is 1. The zero-order chi connectivity index (χ0) is 16.2. The molecule has 0 spiro atoms. The van der Waals surface area contributed by atoms with Crippen molar-refractivity contribution in [2.45, 2.75) is 18.9 Å². The van der Waals surface area contributed by atoms with Crippen molar-refractivity contribution in [2.75, 3.05) is 17.7 Å². The lowest BCUT2D eigenvalue weighted by Crippen LogP contribution is -2.48. The number of anilines is 2. The Kier molecular flexibility index (Phi) is 4.27. The highest BCUT2D eigenvalue weighted by atomic mass is 16.5. The zero-order valence-electron chi connectivity index (χ0n) is 12.7. The van der Waals surface area contributed by atoms with E-state index in [0.717, 1.165) is 11.4 Å². The van der Waals surface area contributed by atoms with Crippen LogP contribution in [0.15, 0.2) is 41.1 Å². The second-order valence-electron chi connectivity index (χ2n) is 5.51. The van der Waals surface area contributed by atoms with Gasteiger partial charge >= 0.3 is 0 Å². The van der Waals surface area contributed by atoms with Gasteiger partial charge in [0, 0.05) is 25.1 Å². The molecule has 2 amide bonds. The summed E-state index contributed by atoms with van der Waals surface area (Å²) in [7, 11) is 1.81. The van der Waals surface area contributed by atoms with Gasteiger partial charge in [0.15, 0.2) is 5.69 Å². The van der Waals surface area contributed by atoms with Gasteiger partial charge in [-0.1, -0.05) is 17.3 Å². The standard InChI is InChI=1S/C16H18N4O3/c1-17-12-4-2-3-5-13(12)19-15(21)10-8-11(9-10)18-16(22)14-6-7-23-20-14/h2-7,10-11,17H,8-9H2,1H3,(H,18,22)(H,19,21). The van der Waals surface area contributed by atoms with Gasteiger partial charge in [-0.05, 0) is 25.0 Å². The molecular formula is C16H18N4O3. The maximum Gasteiger partial charge on any atom is 0.273 e. The minimum absolute atomic E-state index is 0.00510. The van der Waals surface area contributed by atoms with E-state index >= 15 is 0 Å². The van der Waals surface area contributed by atoms with E-state index in [1.165, 1.54) is 12.3 Å². The quantitative estimate of drug-likeness (QED) is 0.783. The Labute approximate surface area is 133 Å². The summed E-state index contributed by atoms with van der Waals surface area (Å²) in [5.74, 6) is -0.398. The fourth-order valence-electron chi connectivity index (χ4n) is 2.58. The van der Waals surface area contributed by atoms with E-state index in [4.69, 9.17) is 0 Å². The smallest absolute Gasteiger partial charge is 0.273 e. The number of para-hydroxylation sites is 2. The van der Waals surface area contributed by atoms with E-state index in [1.807, 2.05) is 31.3 Å². The van der Waals surface area contributed by atoms with Gasteiger partial charge in [-0.15, -0.1) is 0 Å². The summed E-state index contributed by atoms with van der Waals surface area (Å²) in [4.78, 5) is 24.1. The topological polar surface area (TPSA) is 96.3 Å². The van der Waals surface area contributed by atoms with Crippen LogP contribution in [0.1, 0.15) is 23.3 Å². The third-order valence-corrected chi connectivity index (χ3v) is 3.97. The van der Waals surface area contributed by atoms with E-state index in [9.17, 15) is 9.59 Å². The van der Waals surface area contributed by atoms with E-state index < -0.39 is 0 Å². The normalized spacial score (nSPS) is 19.5. The van der Waals surface area contributed by atoms with E-state index in [-0.39, 0.29) is 29.5 Å². The molecule has 0 unspecified atom stereocenters. The lowest BCUT2D eigenvalue weighted by Gasteiger charge is -2.34. The number of hydrogen-bond acceptors (Lipinski definition) is 5. The lowest BCUT2D eigenvalue weighted by atomic mass is 9.79. The van der Waals surface area contributed by atoms with Crippen LogP contribution in [-0.2, 0) is 4.79 Å². The molecule has 1 fully saturated rings. The van der Waals surface area contributed by atoms with E-state index in [1.54, 1.807) is 0 Å². The molecule has 120 valence electrons. The molecule has 0 aliphatic heterocycles. The summed E-state index contributed by atoms with van der Waals surface area (Å²) in [6.07, 6.45) is 2.60. The third kappa shape index (κ3) is 3.33. The molecule has 7 nitrogen and oxygen atoms in total. The van der Waals surface area contributed by atoms with Gasteiger partial charge in [0.25, 0.3) is 5.91 Å². The maximum atomic E-state index is 12.2. The van der Waals surface area contributed by atoms with Crippen molar-refractivity contribution in [1.82, 2.24) is 10.5 Å². The van der Waals surface area contributed by atoms with Gasteiger partial charge < -0.3 is 20.5 Å². The minimum Gasteiger partial charge on any atom is -0.386 e. The van der Waals surface area contributed by atoms with Crippen LogP contribution in [0.3, 0.4) is 0 Å². The molecule has 1 aromatic carbocycles. The minimum atomic E-state index is -0.275. The predicted octanol–water partition coefficient (Wildman–Crippen LogP) is 1.86. The molecule has 1 aliphatic rings. The Morgan fingerprint density at radius 2 is 1.91 bits per heavy atom. The Balaban J connectivity index is 1.49. The first kappa shape index (κ1) is 15.1. The predicted molar refractivity (Wildman–Crippen MR) is 85.1 cm³/mol. The van der Waals surface area contributed by atoms with Crippen LogP contribution < -0.4 is 16.0 Å². The Morgan fingerprint density at radius 3 is 2.57 bits per heavy atom. The highest BCUT2D eigenvalue weighted by molar-refractivity contribution is 5.96. The third-order valence-electron chi connectivity index (χ3n) is 3.97. The highest BCUT2D eigenvalue weighted by Crippen LogP contribution is 2.30. The highest BCUT2D eigenvalue weighted by Gasteiger charge is 2.35. The molecule has 2 aromatic rings. The molecule has 23 heavy (non-hydrogen) atoms. The molecule has 0 radical (unpaired) electrons. The molecule has 3 N–H and O–H groups in total. The largest absolute Gasteiger partial charge is 0.386 e. The first-order chi connectivity index (χ1) is 11.2. The molecule has 7 heteroatoms. The summed E-state index contributed by atoms with van der Waals surface area (Å²) in [6.45, 7) is 0. The maximum absolute atomic E-state index is 12.2. The average molecular weight is 314 g/mol. The fourth-order valence-corrected chi connectivity index (χ4v) is 2.58. The van der Waals surface area contributed by atoms with Crippen LogP contribution in [0.4, 0.5) is 11.4 Å². The zero-order valence-corrected chi connectivity index (χ0v) is 12.7. The average Bonchev–Trinajstić information content (AvgIpc) is 3.05. The lowest BCUT2D eigenvalue weighted by molar-refractivity contribution is -0.122. The Hall–Kier alpha value is -2.83. The van der Waals surface area contributed by atoms with Gasteiger partial charge in [-0.2, -0.15) is 0 Å². The molecule has 3 rings (SSSR count). The molecule has 0 bridgehead atoms. The van der Waals surface area contributed by atoms with Crippen molar-refractivity contribution in [2.24, 2.45) is 5.92 Å². The van der Waals surface area contributed by atoms with Crippen molar-refractivity contribution in [3.8, 4) is 0 Å². The van der Waals surface area contributed by atoms with Gasteiger partial charge in [0.05, 0.1) is 11.4 Å². The van der Waals surface area contributed by atoms with Gasteiger partial charge in [0.2, 0.25) is 5.91 Å². The van der Waals surface area contributed by atoms with Gasteiger partial charge in [-0.25, -0.2) is 0 Å². The molecule has 1 aliphatic carbocycles. The Bertz CT molecular complexity index is 693. The number of hydrogen-bond donors (Lipinski definition) is 3. The SMILES string of the molecule is CNc1ccccc1NC(=O)C1CC(NC(=O)c2ccon2)C1. The van der Waals surface area contributed by atoms with Crippen LogP contribution >= 0.6 is 0 Å². The number of benzene rings is 1. The Morgan fingerprint density at radius 1 is 1.17 bits per heavy atom. The number of aromatic nitrogens is 1. The summed E-state index contributed by atoms with van der Waals surface area (Å²) in [6, 6.07) is 9.03. The number of carbonyl (C=O) groups is 2. The summed E-state index contributed by atoms with van der Waals surface area (Å²) in [5.41, 5.74) is 1.88. The summed E-state index contributed by atoms with van der Waals surface area (Å²) < 4.78 is 4.64. The van der Waals surface area contributed by atoms with Crippen molar-refractivity contribution >= 4 is 23.2 Å². The first-order valence-electron chi connectivity index (χ1n) is 7.46. The molecule has 1 saturated carbocycles. The van der Waals surface area contributed by atoms with E-state index in [2.05, 4.69) is 25.6 Å². The van der Waals surface area contributed by atoms with Crippen LogP contribution in [-0.4, -0.2) is 30.1 Å². The summed E-state index contributed by atoms with van der Waals surface area (Å²) >= 11 is 0. The second-order valence-corrected chi connectivity index (χ2v) is 5.51. The van der Waals surface area contributed by atoms with Crippen LogP contribution in [0.25, 0.3) is 0 Å². The fraction of sp³-hybridized carbons (Fsp3) is 0.312. The number of nitrogens with one attached hydrogen (secondary N) is 3. The van der Waals surface area contributed by atoms with Crippen LogP contribution in [0.2, 0.25) is 0 Å². The monoisotopic (exact) mass is 314 g/mol. The van der Waals surface area contributed by atoms with Gasteiger partial charge in [0.1, 0.15) is 6.26 Å². The van der Waals surface area contributed by atoms with Crippen molar-refractivity contribution in [3.63, 3.8) is 0 Å². The van der Waals surface area contributed by atoms with Crippen LogP contribution in [0, 0.1) is 5.92 Å². The first-order valence-corrected chi connectivity index (χ1v) is 7.46. The summed E-state index contributed by atoms with van der Waals surface area (Å²) in [5, 5.41) is 12.4. The van der Waals surface area contributed by atoms with Crippen molar-refractivity contribution in [3.05, 3.63) is 42.3 Å². The number of amides is 2. The molecule has 0 saturated heterocycles.